The minimum Gasteiger partial charge on any atom is -0.378 e. The summed E-state index contributed by atoms with van der Waals surface area (Å²) in [5.41, 5.74) is 2.74. The summed E-state index contributed by atoms with van der Waals surface area (Å²) in [6, 6.07) is 8.82. The molecule has 1 aromatic carbocycles. The summed E-state index contributed by atoms with van der Waals surface area (Å²) in [5.74, 6) is 0.663. The molecule has 0 aromatic heterocycles. The Labute approximate surface area is 106 Å². The van der Waals surface area contributed by atoms with Gasteiger partial charge in [0.2, 0.25) is 0 Å². The summed E-state index contributed by atoms with van der Waals surface area (Å²) in [4.78, 5) is 0.542. The van der Waals surface area contributed by atoms with Crippen LogP contribution in [0.4, 0.5) is 0 Å². The molecule has 3 unspecified atom stereocenters. The van der Waals surface area contributed by atoms with Gasteiger partial charge in [0.1, 0.15) is 0 Å². The topological polar surface area (TPSA) is 9.23 Å². The van der Waals surface area contributed by atoms with E-state index in [-0.39, 0.29) is 0 Å². The molecule has 1 aliphatic heterocycles. The molecule has 1 saturated heterocycles. The van der Waals surface area contributed by atoms with Gasteiger partial charge in [0.25, 0.3) is 0 Å². The third-order valence-corrected chi connectivity index (χ3v) is 4.36. The second-order valence-electron chi connectivity index (χ2n) is 4.85. The molecule has 88 valence electrons. The maximum Gasteiger partial charge on any atom is 0.0551 e. The lowest BCUT2D eigenvalue weighted by Crippen LogP contribution is -2.17. The predicted octanol–water partition coefficient (Wildman–Crippen LogP) is 3.73. The van der Waals surface area contributed by atoms with Crippen LogP contribution in [0.2, 0.25) is 0 Å². The monoisotopic (exact) mass is 282 g/mol. The Hall–Kier alpha value is -0.340. The van der Waals surface area contributed by atoms with Crippen molar-refractivity contribution in [3.8, 4) is 0 Å². The van der Waals surface area contributed by atoms with E-state index in [1.807, 2.05) is 0 Å². The van der Waals surface area contributed by atoms with Crippen molar-refractivity contribution in [3.63, 3.8) is 0 Å². The van der Waals surface area contributed by atoms with E-state index in [9.17, 15) is 0 Å². The standard InChI is InChI=1S/C14H19BrO/c1-10-3-5-12(6-4-10)8-14(15)13-7-11(2)16-9-13/h3-6,11,13-14H,7-9H2,1-2H3. The van der Waals surface area contributed by atoms with Gasteiger partial charge in [0.05, 0.1) is 12.7 Å². The minimum atomic E-state index is 0.433. The first kappa shape index (κ1) is 12.1. The van der Waals surface area contributed by atoms with Crippen LogP contribution in [0.1, 0.15) is 24.5 Å². The summed E-state index contributed by atoms with van der Waals surface area (Å²) < 4.78 is 5.61. The van der Waals surface area contributed by atoms with Crippen molar-refractivity contribution < 1.29 is 4.74 Å². The van der Waals surface area contributed by atoms with Crippen LogP contribution < -0.4 is 0 Å². The van der Waals surface area contributed by atoms with E-state index >= 15 is 0 Å². The first-order valence-corrected chi connectivity index (χ1v) is 6.88. The molecule has 16 heavy (non-hydrogen) atoms. The number of benzene rings is 1. The van der Waals surface area contributed by atoms with Crippen molar-refractivity contribution in [2.24, 2.45) is 5.92 Å². The van der Waals surface area contributed by atoms with Gasteiger partial charge < -0.3 is 4.74 Å². The minimum absolute atomic E-state index is 0.433. The maximum atomic E-state index is 5.61. The molecule has 0 bridgehead atoms. The number of hydrogen-bond acceptors (Lipinski definition) is 1. The highest BCUT2D eigenvalue weighted by molar-refractivity contribution is 9.09. The molecule has 0 spiro atoms. The molecule has 1 nitrogen and oxygen atoms in total. The van der Waals surface area contributed by atoms with E-state index in [0.29, 0.717) is 16.8 Å². The lowest BCUT2D eigenvalue weighted by Gasteiger charge is -2.16. The zero-order chi connectivity index (χ0) is 11.5. The molecule has 0 amide bonds. The van der Waals surface area contributed by atoms with Gasteiger partial charge in [-0.3, -0.25) is 0 Å². The number of rotatable bonds is 3. The number of alkyl halides is 1. The molecule has 0 radical (unpaired) electrons. The quantitative estimate of drug-likeness (QED) is 0.768. The molecular formula is C14H19BrO. The summed E-state index contributed by atoms with van der Waals surface area (Å²) in [5, 5.41) is 0. The zero-order valence-corrected chi connectivity index (χ0v) is 11.5. The molecule has 0 aliphatic carbocycles. The van der Waals surface area contributed by atoms with Crippen LogP contribution in [0.3, 0.4) is 0 Å². The summed E-state index contributed by atoms with van der Waals surface area (Å²) >= 11 is 3.81. The van der Waals surface area contributed by atoms with E-state index in [4.69, 9.17) is 4.74 Å². The fourth-order valence-corrected chi connectivity index (χ4v) is 2.96. The van der Waals surface area contributed by atoms with Gasteiger partial charge in [-0.15, -0.1) is 0 Å². The molecule has 1 aromatic rings. The van der Waals surface area contributed by atoms with Crippen LogP contribution in [0, 0.1) is 12.8 Å². The average molecular weight is 283 g/mol. The van der Waals surface area contributed by atoms with E-state index in [2.05, 4.69) is 54.0 Å². The molecule has 0 saturated carbocycles. The molecule has 3 atom stereocenters. The van der Waals surface area contributed by atoms with E-state index in [1.165, 1.54) is 17.5 Å². The van der Waals surface area contributed by atoms with Crippen molar-refractivity contribution in [1.29, 1.82) is 0 Å². The van der Waals surface area contributed by atoms with Gasteiger partial charge >= 0.3 is 0 Å². The Morgan fingerprint density at radius 1 is 1.38 bits per heavy atom. The number of hydrogen-bond donors (Lipinski definition) is 0. The molecule has 2 rings (SSSR count). The predicted molar refractivity (Wildman–Crippen MR) is 71.1 cm³/mol. The maximum absolute atomic E-state index is 5.61. The van der Waals surface area contributed by atoms with Crippen molar-refractivity contribution in [2.45, 2.75) is 37.6 Å². The summed E-state index contributed by atoms with van der Waals surface area (Å²) in [7, 11) is 0. The summed E-state index contributed by atoms with van der Waals surface area (Å²) in [6.07, 6.45) is 2.71. The van der Waals surface area contributed by atoms with Gasteiger partial charge in [-0.25, -0.2) is 0 Å². The molecule has 1 aliphatic rings. The molecule has 2 heteroatoms. The molecule has 0 N–H and O–H groups in total. The average Bonchev–Trinajstić information content (AvgIpc) is 2.68. The Bertz CT molecular complexity index is 333. The van der Waals surface area contributed by atoms with E-state index in [0.717, 1.165) is 13.0 Å². The first-order chi connectivity index (χ1) is 7.65. The Kier molecular flexibility index (Phi) is 4.04. The first-order valence-electron chi connectivity index (χ1n) is 5.96. The fourth-order valence-electron chi connectivity index (χ4n) is 2.22. The van der Waals surface area contributed by atoms with Crippen LogP contribution in [0.15, 0.2) is 24.3 Å². The highest BCUT2D eigenvalue weighted by atomic mass is 79.9. The normalized spacial score (nSPS) is 26.9. The summed E-state index contributed by atoms with van der Waals surface area (Å²) in [6.45, 7) is 5.19. The van der Waals surface area contributed by atoms with Gasteiger partial charge in [0.15, 0.2) is 0 Å². The van der Waals surface area contributed by atoms with Crippen molar-refractivity contribution in [3.05, 3.63) is 35.4 Å². The van der Waals surface area contributed by atoms with Gasteiger partial charge in [-0.2, -0.15) is 0 Å². The number of aryl methyl sites for hydroxylation is 1. The largest absolute Gasteiger partial charge is 0.378 e. The van der Waals surface area contributed by atoms with E-state index in [1.54, 1.807) is 0 Å². The van der Waals surface area contributed by atoms with Crippen LogP contribution >= 0.6 is 15.9 Å². The van der Waals surface area contributed by atoms with Crippen LogP contribution in [0.25, 0.3) is 0 Å². The van der Waals surface area contributed by atoms with Gasteiger partial charge in [-0.05, 0) is 38.2 Å². The second-order valence-corrected chi connectivity index (χ2v) is 6.02. The van der Waals surface area contributed by atoms with Crippen molar-refractivity contribution in [1.82, 2.24) is 0 Å². The lowest BCUT2D eigenvalue weighted by molar-refractivity contribution is 0.120. The number of ether oxygens (including phenoxy) is 1. The van der Waals surface area contributed by atoms with Gasteiger partial charge in [-0.1, -0.05) is 45.8 Å². The van der Waals surface area contributed by atoms with Gasteiger partial charge in [0, 0.05) is 4.83 Å². The van der Waals surface area contributed by atoms with Crippen molar-refractivity contribution in [2.75, 3.05) is 6.61 Å². The van der Waals surface area contributed by atoms with E-state index < -0.39 is 0 Å². The van der Waals surface area contributed by atoms with Crippen LogP contribution in [0.5, 0.6) is 0 Å². The molecule has 1 heterocycles. The third-order valence-electron chi connectivity index (χ3n) is 3.29. The Morgan fingerprint density at radius 2 is 2.06 bits per heavy atom. The highest BCUT2D eigenvalue weighted by Gasteiger charge is 2.27. The highest BCUT2D eigenvalue weighted by Crippen LogP contribution is 2.28. The lowest BCUT2D eigenvalue weighted by atomic mass is 9.97. The Balaban J connectivity index is 1.91. The molecular weight excluding hydrogens is 264 g/mol. The third kappa shape index (κ3) is 3.08. The fraction of sp³-hybridized carbons (Fsp3) is 0.571. The van der Waals surface area contributed by atoms with Crippen LogP contribution in [-0.4, -0.2) is 17.5 Å². The number of halogens is 1. The second kappa shape index (κ2) is 5.33. The van der Waals surface area contributed by atoms with Crippen molar-refractivity contribution >= 4 is 15.9 Å². The van der Waals surface area contributed by atoms with Crippen LogP contribution in [-0.2, 0) is 11.2 Å². The Morgan fingerprint density at radius 3 is 2.62 bits per heavy atom. The molecule has 1 fully saturated rings. The smallest absolute Gasteiger partial charge is 0.0551 e. The SMILES string of the molecule is Cc1ccc(CC(Br)C2COC(C)C2)cc1. The zero-order valence-electron chi connectivity index (χ0n) is 9.95.